The Morgan fingerprint density at radius 3 is 2.52 bits per heavy atom. The molecule has 1 heterocycles. The Kier molecular flexibility index (Phi) is 6.28. The Hall–Kier alpha value is -2.21. The van der Waals surface area contributed by atoms with Crippen LogP contribution in [0, 0.1) is 0 Å². The summed E-state index contributed by atoms with van der Waals surface area (Å²) in [5.41, 5.74) is 2.99. The Labute approximate surface area is 187 Å². The molecule has 0 radical (unpaired) electrons. The number of nitrogens with zero attached hydrogens (tertiary/aromatic N) is 1. The van der Waals surface area contributed by atoms with Crippen LogP contribution in [-0.2, 0) is 11.3 Å². The lowest BCUT2D eigenvalue weighted by Gasteiger charge is -2.07. The van der Waals surface area contributed by atoms with Crippen molar-refractivity contribution in [1.82, 2.24) is 4.57 Å². The van der Waals surface area contributed by atoms with Crippen molar-refractivity contribution >= 4 is 61.8 Å². The molecule has 0 atom stereocenters. The molecule has 0 aliphatic rings. The summed E-state index contributed by atoms with van der Waals surface area (Å²) in [6.45, 7) is 0.686. The number of thioether (sulfide) groups is 1. The highest BCUT2D eigenvalue weighted by Crippen LogP contribution is 2.31. The molecule has 4 aromatic rings. The van der Waals surface area contributed by atoms with Gasteiger partial charge in [-0.15, -0.1) is 11.8 Å². The van der Waals surface area contributed by atoms with E-state index in [9.17, 15) is 4.79 Å². The molecule has 0 aliphatic carbocycles. The van der Waals surface area contributed by atoms with Crippen LogP contribution >= 0.6 is 39.3 Å². The number of hydrogen-bond donors (Lipinski definition) is 1. The summed E-state index contributed by atoms with van der Waals surface area (Å²) in [5, 5.41) is 4.83. The fourth-order valence-corrected chi connectivity index (χ4v) is 4.49. The highest BCUT2D eigenvalue weighted by molar-refractivity contribution is 9.10. The van der Waals surface area contributed by atoms with Crippen LogP contribution in [0.1, 0.15) is 5.56 Å². The van der Waals surface area contributed by atoms with Crippen molar-refractivity contribution in [1.29, 1.82) is 0 Å². The number of aromatic nitrogens is 1. The van der Waals surface area contributed by atoms with E-state index < -0.39 is 0 Å². The van der Waals surface area contributed by atoms with E-state index in [4.69, 9.17) is 11.6 Å². The standard InChI is InChI=1S/C23H18BrClN2OS/c24-17-9-11-18(12-10-17)26-23(28)15-29-22-14-27(21-8-4-2-6-19(21)22)13-16-5-1-3-7-20(16)25/h1-12,14H,13,15H2,(H,26,28). The molecule has 3 nitrogen and oxygen atoms in total. The normalized spacial score (nSPS) is 11.0. The largest absolute Gasteiger partial charge is 0.342 e. The maximum absolute atomic E-state index is 12.4. The van der Waals surface area contributed by atoms with Crippen LogP contribution in [0.15, 0.2) is 88.4 Å². The lowest BCUT2D eigenvalue weighted by molar-refractivity contribution is -0.113. The summed E-state index contributed by atoms with van der Waals surface area (Å²) < 4.78 is 3.17. The number of fused-ring (bicyclic) bond motifs is 1. The molecule has 146 valence electrons. The van der Waals surface area contributed by atoms with Crippen LogP contribution < -0.4 is 5.32 Å². The molecule has 0 unspecified atom stereocenters. The van der Waals surface area contributed by atoms with E-state index >= 15 is 0 Å². The van der Waals surface area contributed by atoms with E-state index in [1.54, 1.807) is 11.8 Å². The summed E-state index contributed by atoms with van der Waals surface area (Å²) in [4.78, 5) is 13.5. The monoisotopic (exact) mass is 484 g/mol. The van der Waals surface area contributed by atoms with Gasteiger partial charge in [-0.1, -0.05) is 63.9 Å². The minimum atomic E-state index is -0.0275. The van der Waals surface area contributed by atoms with E-state index in [2.05, 4.69) is 44.1 Å². The maximum atomic E-state index is 12.4. The molecule has 0 saturated carbocycles. The number of amides is 1. The second-order valence-corrected chi connectivity index (χ2v) is 8.91. The Morgan fingerprint density at radius 1 is 1.00 bits per heavy atom. The number of rotatable bonds is 6. The van der Waals surface area contributed by atoms with E-state index in [0.29, 0.717) is 12.3 Å². The first-order valence-electron chi connectivity index (χ1n) is 9.09. The summed E-state index contributed by atoms with van der Waals surface area (Å²) >= 11 is 11.3. The number of para-hydroxylation sites is 1. The topological polar surface area (TPSA) is 34.0 Å². The predicted molar refractivity (Wildman–Crippen MR) is 126 cm³/mol. The average Bonchev–Trinajstić information content (AvgIpc) is 3.08. The van der Waals surface area contributed by atoms with E-state index in [0.717, 1.165) is 36.5 Å². The van der Waals surface area contributed by atoms with Gasteiger partial charge in [0.1, 0.15) is 0 Å². The average molecular weight is 486 g/mol. The number of nitrogens with one attached hydrogen (secondary N) is 1. The van der Waals surface area contributed by atoms with Gasteiger partial charge in [0.15, 0.2) is 0 Å². The molecule has 0 aliphatic heterocycles. The molecular weight excluding hydrogens is 468 g/mol. The zero-order chi connectivity index (χ0) is 20.2. The number of hydrogen-bond acceptors (Lipinski definition) is 2. The zero-order valence-electron chi connectivity index (χ0n) is 15.4. The van der Waals surface area contributed by atoms with Crippen LogP contribution in [0.5, 0.6) is 0 Å². The van der Waals surface area contributed by atoms with Crippen molar-refractivity contribution in [3.05, 3.63) is 94.1 Å². The highest BCUT2D eigenvalue weighted by atomic mass is 79.9. The molecule has 0 bridgehead atoms. The first-order chi connectivity index (χ1) is 14.1. The molecule has 0 fully saturated rings. The lowest BCUT2D eigenvalue weighted by atomic mass is 10.2. The third kappa shape index (κ3) is 4.86. The predicted octanol–water partition coefficient (Wildman–Crippen LogP) is 6.84. The first kappa shape index (κ1) is 20.1. The van der Waals surface area contributed by atoms with Gasteiger partial charge < -0.3 is 9.88 Å². The number of carbonyl (C=O) groups is 1. The van der Waals surface area contributed by atoms with Crippen molar-refractivity contribution in [3.8, 4) is 0 Å². The summed E-state index contributed by atoms with van der Waals surface area (Å²) in [6, 6.07) is 23.7. The van der Waals surface area contributed by atoms with Gasteiger partial charge in [-0.25, -0.2) is 0 Å². The smallest absolute Gasteiger partial charge is 0.234 e. The van der Waals surface area contributed by atoms with Crippen LogP contribution in [0.2, 0.25) is 5.02 Å². The van der Waals surface area contributed by atoms with Gasteiger partial charge in [-0.3, -0.25) is 4.79 Å². The first-order valence-corrected chi connectivity index (χ1v) is 11.3. The van der Waals surface area contributed by atoms with Gasteiger partial charge in [0.25, 0.3) is 0 Å². The number of benzene rings is 3. The van der Waals surface area contributed by atoms with E-state index in [1.165, 1.54) is 0 Å². The quantitative estimate of drug-likeness (QED) is 0.303. The summed E-state index contributed by atoms with van der Waals surface area (Å²) in [5.74, 6) is 0.316. The molecule has 1 aromatic heterocycles. The third-order valence-electron chi connectivity index (χ3n) is 4.54. The van der Waals surface area contributed by atoms with E-state index in [1.807, 2.05) is 60.7 Å². The fourth-order valence-electron chi connectivity index (χ4n) is 3.14. The van der Waals surface area contributed by atoms with Crippen LogP contribution in [0.25, 0.3) is 10.9 Å². The van der Waals surface area contributed by atoms with Gasteiger partial charge in [-0.2, -0.15) is 0 Å². The fraction of sp³-hybridized carbons (Fsp3) is 0.0870. The van der Waals surface area contributed by atoms with Gasteiger partial charge in [0.2, 0.25) is 5.91 Å². The van der Waals surface area contributed by atoms with Crippen LogP contribution in [0.3, 0.4) is 0 Å². The molecule has 1 N–H and O–H groups in total. The van der Waals surface area contributed by atoms with Gasteiger partial charge >= 0.3 is 0 Å². The van der Waals surface area contributed by atoms with Gasteiger partial charge in [-0.05, 0) is 42.0 Å². The highest BCUT2D eigenvalue weighted by Gasteiger charge is 2.12. The van der Waals surface area contributed by atoms with Crippen molar-refractivity contribution in [2.45, 2.75) is 11.4 Å². The Morgan fingerprint density at radius 2 is 1.72 bits per heavy atom. The summed E-state index contributed by atoms with van der Waals surface area (Å²) in [6.07, 6.45) is 2.10. The maximum Gasteiger partial charge on any atom is 0.234 e. The lowest BCUT2D eigenvalue weighted by Crippen LogP contribution is -2.13. The third-order valence-corrected chi connectivity index (χ3v) is 6.48. The molecule has 4 rings (SSSR count). The van der Waals surface area contributed by atoms with Crippen molar-refractivity contribution < 1.29 is 4.79 Å². The molecule has 0 spiro atoms. The molecule has 0 saturated heterocycles. The van der Waals surface area contributed by atoms with Crippen LogP contribution in [0.4, 0.5) is 5.69 Å². The van der Waals surface area contributed by atoms with Crippen molar-refractivity contribution in [3.63, 3.8) is 0 Å². The number of halogens is 2. The second-order valence-electron chi connectivity index (χ2n) is 6.57. The minimum Gasteiger partial charge on any atom is -0.342 e. The Balaban J connectivity index is 1.51. The van der Waals surface area contributed by atoms with Crippen molar-refractivity contribution in [2.75, 3.05) is 11.1 Å². The molecule has 3 aromatic carbocycles. The minimum absolute atomic E-state index is 0.0275. The van der Waals surface area contributed by atoms with Crippen LogP contribution in [-0.4, -0.2) is 16.2 Å². The number of carbonyl (C=O) groups excluding carboxylic acids is 1. The molecule has 6 heteroatoms. The number of anilines is 1. The molecule has 1 amide bonds. The van der Waals surface area contributed by atoms with Crippen molar-refractivity contribution in [2.24, 2.45) is 0 Å². The second kappa shape index (κ2) is 9.08. The Bertz CT molecular complexity index is 1160. The zero-order valence-corrected chi connectivity index (χ0v) is 18.6. The SMILES string of the molecule is O=C(CSc1cn(Cc2ccccc2Cl)c2ccccc12)Nc1ccc(Br)cc1. The van der Waals surface area contributed by atoms with Gasteiger partial charge in [0.05, 0.1) is 5.75 Å². The molecular formula is C23H18BrClN2OS. The van der Waals surface area contributed by atoms with Gasteiger partial charge in [0, 0.05) is 43.7 Å². The summed E-state index contributed by atoms with van der Waals surface area (Å²) in [7, 11) is 0. The van der Waals surface area contributed by atoms with E-state index in [-0.39, 0.29) is 5.91 Å². The molecule has 29 heavy (non-hydrogen) atoms.